The molecule has 0 aliphatic carbocycles. The molecule has 0 bridgehead atoms. The minimum Gasteiger partial charge on any atom is -0.339 e. The van der Waals surface area contributed by atoms with Gasteiger partial charge in [-0.15, -0.1) is 0 Å². The van der Waals surface area contributed by atoms with E-state index in [4.69, 9.17) is 16.6 Å². The van der Waals surface area contributed by atoms with Gasteiger partial charge >= 0.3 is 0 Å². The van der Waals surface area contributed by atoms with E-state index in [1.807, 2.05) is 66.6 Å². The molecule has 1 saturated heterocycles. The SMILES string of the molecule is CC=Cc1cnc(-c2cccnc2)nc1C1CCN(C(=O)C=Cc2ccccc2Cl)CC1. The maximum atomic E-state index is 12.7. The first-order valence-corrected chi connectivity index (χ1v) is 11.1. The Morgan fingerprint density at radius 1 is 1.06 bits per heavy atom. The van der Waals surface area contributed by atoms with Crippen LogP contribution >= 0.6 is 11.6 Å². The normalized spacial score (nSPS) is 15.0. The van der Waals surface area contributed by atoms with Crippen LogP contribution in [0, 0.1) is 0 Å². The maximum absolute atomic E-state index is 12.7. The molecule has 3 heterocycles. The molecule has 4 rings (SSSR count). The number of pyridine rings is 1. The molecule has 32 heavy (non-hydrogen) atoms. The number of piperidine rings is 1. The summed E-state index contributed by atoms with van der Waals surface area (Å²) >= 11 is 6.18. The summed E-state index contributed by atoms with van der Waals surface area (Å²) in [6.45, 7) is 3.38. The van der Waals surface area contributed by atoms with Crippen LogP contribution in [-0.4, -0.2) is 38.8 Å². The number of amides is 1. The molecule has 1 amide bonds. The van der Waals surface area contributed by atoms with Crippen molar-refractivity contribution in [2.75, 3.05) is 13.1 Å². The van der Waals surface area contributed by atoms with Crippen molar-refractivity contribution in [1.82, 2.24) is 19.9 Å². The smallest absolute Gasteiger partial charge is 0.246 e. The van der Waals surface area contributed by atoms with Gasteiger partial charge in [0.05, 0.1) is 5.69 Å². The summed E-state index contributed by atoms with van der Waals surface area (Å²) in [5.74, 6) is 0.967. The number of hydrogen-bond donors (Lipinski definition) is 0. The Hall–Kier alpha value is -3.31. The molecule has 5 nitrogen and oxygen atoms in total. The fourth-order valence-electron chi connectivity index (χ4n) is 3.92. The van der Waals surface area contributed by atoms with E-state index in [0.29, 0.717) is 23.9 Å². The number of halogens is 1. The highest BCUT2D eigenvalue weighted by Crippen LogP contribution is 2.31. The molecule has 0 spiro atoms. The van der Waals surface area contributed by atoms with Gasteiger partial charge in [-0.05, 0) is 49.6 Å². The fourth-order valence-corrected chi connectivity index (χ4v) is 4.12. The third-order valence-corrected chi connectivity index (χ3v) is 5.96. The van der Waals surface area contributed by atoms with Crippen LogP contribution in [0.4, 0.5) is 0 Å². The van der Waals surface area contributed by atoms with Crippen molar-refractivity contribution in [1.29, 1.82) is 0 Å². The van der Waals surface area contributed by atoms with Gasteiger partial charge in [0.15, 0.2) is 5.82 Å². The Kier molecular flexibility index (Phi) is 7.07. The Labute approximate surface area is 193 Å². The van der Waals surface area contributed by atoms with Gasteiger partial charge in [0.25, 0.3) is 0 Å². The number of hydrogen-bond acceptors (Lipinski definition) is 4. The largest absolute Gasteiger partial charge is 0.339 e. The first-order valence-electron chi connectivity index (χ1n) is 10.8. The number of likely N-dealkylation sites (tertiary alicyclic amines) is 1. The van der Waals surface area contributed by atoms with Crippen LogP contribution < -0.4 is 0 Å². The molecule has 0 N–H and O–H groups in total. The number of nitrogens with zero attached hydrogens (tertiary/aromatic N) is 4. The lowest BCUT2D eigenvalue weighted by molar-refractivity contribution is -0.126. The van der Waals surface area contributed by atoms with Crippen molar-refractivity contribution in [2.45, 2.75) is 25.7 Å². The highest BCUT2D eigenvalue weighted by molar-refractivity contribution is 6.32. The molecule has 0 radical (unpaired) electrons. The Balaban J connectivity index is 1.47. The molecular weight excluding hydrogens is 420 g/mol. The zero-order valence-electron chi connectivity index (χ0n) is 18.0. The summed E-state index contributed by atoms with van der Waals surface area (Å²) < 4.78 is 0. The average Bonchev–Trinajstić information content (AvgIpc) is 2.84. The molecule has 1 fully saturated rings. The van der Waals surface area contributed by atoms with E-state index in [1.165, 1.54) is 0 Å². The van der Waals surface area contributed by atoms with Crippen molar-refractivity contribution in [3.8, 4) is 11.4 Å². The van der Waals surface area contributed by atoms with Crippen LogP contribution in [0.5, 0.6) is 0 Å². The molecule has 0 atom stereocenters. The third kappa shape index (κ3) is 5.11. The zero-order chi connectivity index (χ0) is 22.3. The van der Waals surface area contributed by atoms with Crippen LogP contribution in [0.15, 0.2) is 67.1 Å². The van der Waals surface area contributed by atoms with E-state index in [2.05, 4.69) is 9.97 Å². The van der Waals surface area contributed by atoms with Crippen LogP contribution in [0.2, 0.25) is 5.02 Å². The molecule has 1 aliphatic rings. The summed E-state index contributed by atoms with van der Waals surface area (Å²) in [6, 6.07) is 11.4. The van der Waals surface area contributed by atoms with Gasteiger partial charge < -0.3 is 4.90 Å². The summed E-state index contributed by atoms with van der Waals surface area (Å²) in [5, 5.41) is 0.639. The predicted octanol–water partition coefficient (Wildman–Crippen LogP) is 5.64. The van der Waals surface area contributed by atoms with Gasteiger partial charge in [-0.25, -0.2) is 9.97 Å². The van der Waals surface area contributed by atoms with Crippen LogP contribution in [0.1, 0.15) is 42.5 Å². The third-order valence-electron chi connectivity index (χ3n) is 5.62. The Bertz CT molecular complexity index is 1140. The van der Waals surface area contributed by atoms with E-state index in [9.17, 15) is 4.79 Å². The van der Waals surface area contributed by atoms with Crippen molar-refractivity contribution in [2.24, 2.45) is 0 Å². The van der Waals surface area contributed by atoms with Gasteiger partial charge in [-0.2, -0.15) is 0 Å². The Morgan fingerprint density at radius 3 is 2.59 bits per heavy atom. The topological polar surface area (TPSA) is 59.0 Å². The lowest BCUT2D eigenvalue weighted by Gasteiger charge is -2.31. The fraction of sp³-hybridized carbons (Fsp3) is 0.231. The van der Waals surface area contributed by atoms with E-state index < -0.39 is 0 Å². The highest BCUT2D eigenvalue weighted by Gasteiger charge is 2.25. The monoisotopic (exact) mass is 444 g/mol. The number of aromatic nitrogens is 3. The molecule has 0 unspecified atom stereocenters. The first kappa shape index (κ1) is 21.9. The van der Waals surface area contributed by atoms with Crippen LogP contribution in [0.25, 0.3) is 23.5 Å². The maximum Gasteiger partial charge on any atom is 0.246 e. The van der Waals surface area contributed by atoms with E-state index in [0.717, 1.165) is 35.2 Å². The van der Waals surface area contributed by atoms with Crippen molar-refractivity contribution in [3.63, 3.8) is 0 Å². The van der Waals surface area contributed by atoms with Gasteiger partial charge in [0.2, 0.25) is 5.91 Å². The Morgan fingerprint density at radius 2 is 1.88 bits per heavy atom. The number of allylic oxidation sites excluding steroid dienone is 1. The number of carbonyl (C=O) groups excluding carboxylic acids is 1. The second kappa shape index (κ2) is 10.3. The summed E-state index contributed by atoms with van der Waals surface area (Å²) in [5.41, 5.74) is 3.81. The molecule has 2 aromatic heterocycles. The molecule has 1 aromatic carbocycles. The lowest BCUT2D eigenvalue weighted by Crippen LogP contribution is -2.37. The molecule has 6 heteroatoms. The van der Waals surface area contributed by atoms with E-state index in [-0.39, 0.29) is 11.8 Å². The molecule has 1 aliphatic heterocycles. The van der Waals surface area contributed by atoms with Gasteiger partial charge in [-0.3, -0.25) is 9.78 Å². The van der Waals surface area contributed by atoms with Crippen molar-refractivity contribution in [3.05, 3.63) is 89.0 Å². The van der Waals surface area contributed by atoms with E-state index in [1.54, 1.807) is 24.5 Å². The molecule has 3 aromatic rings. The molecule has 162 valence electrons. The average molecular weight is 445 g/mol. The van der Waals surface area contributed by atoms with Gasteiger partial charge in [0.1, 0.15) is 0 Å². The van der Waals surface area contributed by atoms with Crippen molar-refractivity contribution < 1.29 is 4.79 Å². The minimum absolute atomic E-state index is 0.00998. The quantitative estimate of drug-likeness (QED) is 0.477. The highest BCUT2D eigenvalue weighted by atomic mass is 35.5. The van der Waals surface area contributed by atoms with Crippen LogP contribution in [0.3, 0.4) is 0 Å². The van der Waals surface area contributed by atoms with Crippen LogP contribution in [-0.2, 0) is 4.79 Å². The van der Waals surface area contributed by atoms with E-state index >= 15 is 0 Å². The molecule has 0 saturated carbocycles. The van der Waals surface area contributed by atoms with Crippen molar-refractivity contribution >= 4 is 29.7 Å². The second-order valence-corrected chi connectivity index (χ2v) is 8.14. The number of carbonyl (C=O) groups is 1. The first-order chi connectivity index (χ1) is 15.7. The predicted molar refractivity (Wildman–Crippen MR) is 129 cm³/mol. The summed E-state index contributed by atoms with van der Waals surface area (Å²) in [7, 11) is 0. The zero-order valence-corrected chi connectivity index (χ0v) is 18.7. The molecular formula is C26H25ClN4O. The van der Waals surface area contributed by atoms with Gasteiger partial charge in [0, 0.05) is 59.8 Å². The summed E-state index contributed by atoms with van der Waals surface area (Å²) in [6.07, 6.45) is 14.6. The number of rotatable bonds is 5. The minimum atomic E-state index is 0.00998. The summed E-state index contributed by atoms with van der Waals surface area (Å²) in [4.78, 5) is 28.2. The number of benzene rings is 1. The standard InChI is InChI=1S/C26H25ClN4O/c1-2-6-21-18-29-26(22-8-5-14-28-17-22)30-25(21)20-12-15-31(16-13-20)24(32)11-10-19-7-3-4-9-23(19)27/h2-11,14,17-18,20H,12-13,15-16H2,1H3. The second-order valence-electron chi connectivity index (χ2n) is 7.73. The van der Waals surface area contributed by atoms with Gasteiger partial charge in [-0.1, -0.05) is 42.0 Å². The lowest BCUT2D eigenvalue weighted by atomic mass is 9.90.